The van der Waals surface area contributed by atoms with Gasteiger partial charge in [0.15, 0.2) is 0 Å². The third-order valence-corrected chi connectivity index (χ3v) is 6.45. The first kappa shape index (κ1) is 26.6. The van der Waals surface area contributed by atoms with Crippen LogP contribution in [-0.4, -0.2) is 50.5 Å². The van der Waals surface area contributed by atoms with Crippen LogP contribution < -0.4 is 9.62 Å². The molecule has 1 N–H and O–H groups in total. The zero-order chi connectivity index (χ0) is 24.8. The van der Waals surface area contributed by atoms with E-state index in [1.807, 2.05) is 38.1 Å². The smallest absolute Gasteiger partial charge is 0.244 e. The Bertz CT molecular complexity index is 1110. The minimum Gasteiger partial charge on any atom is -0.354 e. The third-order valence-electron chi connectivity index (χ3n) is 5.02. The molecule has 2 rings (SSSR count). The Morgan fingerprint density at radius 1 is 1.18 bits per heavy atom. The van der Waals surface area contributed by atoms with Crippen LogP contribution in [0.15, 0.2) is 42.5 Å². The van der Waals surface area contributed by atoms with E-state index in [2.05, 4.69) is 5.32 Å². The molecule has 0 bridgehead atoms. The van der Waals surface area contributed by atoms with Crippen LogP contribution in [0.5, 0.6) is 0 Å². The largest absolute Gasteiger partial charge is 0.354 e. The summed E-state index contributed by atoms with van der Waals surface area (Å²) in [5.74, 6) is -1.63. The van der Waals surface area contributed by atoms with Crippen LogP contribution in [0, 0.1) is 12.7 Å². The Hall–Kier alpha value is -2.65. The predicted molar refractivity (Wildman–Crippen MR) is 128 cm³/mol. The summed E-state index contributed by atoms with van der Waals surface area (Å²) in [5, 5.41) is 2.50. The maximum atomic E-state index is 13.6. The van der Waals surface area contributed by atoms with Crippen molar-refractivity contribution in [2.45, 2.75) is 39.8 Å². The molecular formula is C23H29ClFN3O4S. The standard InChI is InChI=1S/C23H29ClFN3O4S/c1-5-11-26-23(30)17(3)27(14-18-8-6-7-16(2)12-18)22(29)15-28(33(4,31)32)19-9-10-21(25)20(24)13-19/h6-10,12-13,17H,5,11,14-15H2,1-4H3,(H,26,30). The van der Waals surface area contributed by atoms with Crippen molar-refractivity contribution < 1.29 is 22.4 Å². The summed E-state index contributed by atoms with van der Waals surface area (Å²) in [5.41, 5.74) is 1.84. The van der Waals surface area contributed by atoms with Gasteiger partial charge in [-0.05, 0) is 44.0 Å². The number of rotatable bonds is 10. The van der Waals surface area contributed by atoms with Gasteiger partial charge in [-0.1, -0.05) is 48.4 Å². The number of halogens is 2. The van der Waals surface area contributed by atoms with E-state index < -0.39 is 34.3 Å². The fourth-order valence-corrected chi connectivity index (χ4v) is 4.26. The van der Waals surface area contributed by atoms with Crippen LogP contribution in [-0.2, 0) is 26.2 Å². The highest BCUT2D eigenvalue weighted by Crippen LogP contribution is 2.25. The molecule has 0 aliphatic heterocycles. The monoisotopic (exact) mass is 497 g/mol. The van der Waals surface area contributed by atoms with Crippen molar-refractivity contribution in [1.82, 2.24) is 10.2 Å². The summed E-state index contributed by atoms with van der Waals surface area (Å²) in [6.45, 7) is 5.42. The lowest BCUT2D eigenvalue weighted by Gasteiger charge is -2.31. The fraction of sp³-hybridized carbons (Fsp3) is 0.391. The molecule has 2 aromatic rings. The van der Waals surface area contributed by atoms with Gasteiger partial charge < -0.3 is 10.2 Å². The molecule has 0 saturated carbocycles. The lowest BCUT2D eigenvalue weighted by molar-refractivity contribution is -0.139. The molecule has 0 fully saturated rings. The second-order valence-electron chi connectivity index (χ2n) is 7.85. The van der Waals surface area contributed by atoms with Gasteiger partial charge in [0.25, 0.3) is 0 Å². The lowest BCUT2D eigenvalue weighted by atomic mass is 10.1. The predicted octanol–water partition coefficient (Wildman–Crippen LogP) is 3.50. The van der Waals surface area contributed by atoms with Gasteiger partial charge in [0.2, 0.25) is 21.8 Å². The molecule has 0 aliphatic rings. The number of nitrogens with one attached hydrogen (secondary N) is 1. The molecule has 1 atom stereocenters. The number of amides is 2. The minimum atomic E-state index is -3.91. The quantitative estimate of drug-likeness (QED) is 0.544. The summed E-state index contributed by atoms with van der Waals surface area (Å²) in [6, 6.07) is 10.1. The second-order valence-corrected chi connectivity index (χ2v) is 10.2. The molecule has 2 aromatic carbocycles. The molecule has 0 saturated heterocycles. The van der Waals surface area contributed by atoms with Crippen molar-refractivity contribution in [2.75, 3.05) is 23.7 Å². The zero-order valence-corrected chi connectivity index (χ0v) is 20.7. The number of hydrogen-bond acceptors (Lipinski definition) is 4. The third kappa shape index (κ3) is 7.43. The Kier molecular flexibility index (Phi) is 9.25. The molecule has 0 heterocycles. The SMILES string of the molecule is CCCNC(=O)C(C)N(Cc1cccc(C)c1)C(=O)CN(c1ccc(F)c(Cl)c1)S(C)(=O)=O. The van der Waals surface area contributed by atoms with E-state index in [4.69, 9.17) is 11.6 Å². The number of nitrogens with zero attached hydrogens (tertiary/aromatic N) is 2. The van der Waals surface area contributed by atoms with Crippen LogP contribution in [0.1, 0.15) is 31.4 Å². The summed E-state index contributed by atoms with van der Waals surface area (Å²) >= 11 is 5.82. The van der Waals surface area contributed by atoms with Gasteiger partial charge in [0.05, 0.1) is 17.0 Å². The Balaban J connectivity index is 2.39. The van der Waals surface area contributed by atoms with Crippen LogP contribution in [0.2, 0.25) is 5.02 Å². The van der Waals surface area contributed by atoms with Gasteiger partial charge in [-0.25, -0.2) is 12.8 Å². The van der Waals surface area contributed by atoms with E-state index in [9.17, 15) is 22.4 Å². The fourth-order valence-electron chi connectivity index (χ4n) is 3.24. The number of hydrogen-bond donors (Lipinski definition) is 1. The Morgan fingerprint density at radius 2 is 1.88 bits per heavy atom. The average molecular weight is 498 g/mol. The van der Waals surface area contributed by atoms with Crippen molar-refractivity contribution >= 4 is 39.1 Å². The van der Waals surface area contributed by atoms with Crippen LogP contribution in [0.4, 0.5) is 10.1 Å². The Morgan fingerprint density at radius 3 is 2.45 bits per heavy atom. The molecule has 0 aromatic heterocycles. The van der Waals surface area contributed by atoms with Gasteiger partial charge >= 0.3 is 0 Å². The van der Waals surface area contributed by atoms with Crippen molar-refractivity contribution in [3.63, 3.8) is 0 Å². The number of aryl methyl sites for hydroxylation is 1. The number of sulfonamides is 1. The van der Waals surface area contributed by atoms with Gasteiger partial charge in [-0.15, -0.1) is 0 Å². The highest BCUT2D eigenvalue weighted by molar-refractivity contribution is 7.92. The highest BCUT2D eigenvalue weighted by Gasteiger charge is 2.30. The van der Waals surface area contributed by atoms with Crippen molar-refractivity contribution in [2.24, 2.45) is 0 Å². The molecule has 7 nitrogen and oxygen atoms in total. The first-order chi connectivity index (χ1) is 15.4. The maximum Gasteiger partial charge on any atom is 0.244 e. The normalized spacial score (nSPS) is 12.2. The Labute approximate surface area is 199 Å². The van der Waals surface area contributed by atoms with E-state index in [1.54, 1.807) is 6.92 Å². The summed E-state index contributed by atoms with van der Waals surface area (Å²) in [6.07, 6.45) is 1.68. The van der Waals surface area contributed by atoms with Crippen molar-refractivity contribution in [3.8, 4) is 0 Å². The number of benzene rings is 2. The van der Waals surface area contributed by atoms with E-state index in [1.165, 1.54) is 11.0 Å². The first-order valence-electron chi connectivity index (χ1n) is 10.5. The summed E-state index contributed by atoms with van der Waals surface area (Å²) < 4.78 is 39.4. The second kappa shape index (κ2) is 11.5. The van der Waals surface area contributed by atoms with E-state index >= 15 is 0 Å². The number of anilines is 1. The van der Waals surface area contributed by atoms with Gasteiger partial charge in [-0.2, -0.15) is 0 Å². The topological polar surface area (TPSA) is 86.8 Å². The molecule has 0 spiro atoms. The molecule has 0 aliphatic carbocycles. The van der Waals surface area contributed by atoms with E-state index in [0.29, 0.717) is 6.54 Å². The minimum absolute atomic E-state index is 0.0517. The molecule has 0 radical (unpaired) electrons. The molecule has 10 heteroatoms. The maximum absolute atomic E-state index is 13.6. The average Bonchev–Trinajstić information content (AvgIpc) is 2.74. The van der Waals surface area contributed by atoms with Gasteiger partial charge in [0, 0.05) is 13.1 Å². The molecule has 180 valence electrons. The summed E-state index contributed by atoms with van der Waals surface area (Å²) in [4.78, 5) is 27.3. The molecule has 2 amide bonds. The molecular weight excluding hydrogens is 469 g/mol. The van der Waals surface area contributed by atoms with Crippen molar-refractivity contribution in [1.29, 1.82) is 0 Å². The zero-order valence-electron chi connectivity index (χ0n) is 19.1. The highest BCUT2D eigenvalue weighted by atomic mass is 35.5. The van der Waals surface area contributed by atoms with E-state index in [-0.39, 0.29) is 23.2 Å². The molecule has 33 heavy (non-hydrogen) atoms. The van der Waals surface area contributed by atoms with Crippen LogP contribution >= 0.6 is 11.6 Å². The van der Waals surface area contributed by atoms with Crippen molar-refractivity contribution in [3.05, 3.63) is 64.4 Å². The van der Waals surface area contributed by atoms with Gasteiger partial charge in [0.1, 0.15) is 18.4 Å². The van der Waals surface area contributed by atoms with Crippen LogP contribution in [0.3, 0.4) is 0 Å². The lowest BCUT2D eigenvalue weighted by Crippen LogP contribution is -2.51. The van der Waals surface area contributed by atoms with Crippen LogP contribution in [0.25, 0.3) is 0 Å². The van der Waals surface area contributed by atoms with Gasteiger partial charge in [-0.3, -0.25) is 13.9 Å². The van der Waals surface area contributed by atoms with E-state index in [0.717, 1.165) is 40.2 Å². The number of carbonyl (C=O) groups is 2. The molecule has 1 unspecified atom stereocenters. The summed E-state index contributed by atoms with van der Waals surface area (Å²) in [7, 11) is -3.91. The number of carbonyl (C=O) groups excluding carboxylic acids is 2. The first-order valence-corrected chi connectivity index (χ1v) is 12.7.